The Morgan fingerprint density at radius 1 is 1.14 bits per heavy atom. The predicted octanol–water partition coefficient (Wildman–Crippen LogP) is 2.49. The molecular formula is C20H23N5O3S. The van der Waals surface area contributed by atoms with Gasteiger partial charge in [0.15, 0.2) is 0 Å². The summed E-state index contributed by atoms with van der Waals surface area (Å²) in [6.45, 7) is 2.04. The number of benzene rings is 2. The van der Waals surface area contributed by atoms with Crippen molar-refractivity contribution in [1.29, 1.82) is 0 Å². The SMILES string of the molecule is CN1CCC(Oc2cccc3cnc(Nc4ccc(S(N)(=O)=O)cc4)nc23)CC1. The molecule has 4 rings (SSSR count). The zero-order valence-electron chi connectivity index (χ0n) is 16.1. The summed E-state index contributed by atoms with van der Waals surface area (Å²) in [6.07, 6.45) is 3.89. The zero-order valence-corrected chi connectivity index (χ0v) is 16.9. The van der Waals surface area contributed by atoms with E-state index >= 15 is 0 Å². The standard InChI is InChI=1S/C20H23N5O3S/c1-25-11-9-16(10-12-25)28-18-4-2-3-14-13-22-20(24-19(14)18)23-15-5-7-17(8-6-15)29(21,26)27/h2-8,13,16H,9-12H2,1H3,(H2,21,26,27)(H,22,23,24). The maximum Gasteiger partial charge on any atom is 0.238 e. The minimum absolute atomic E-state index is 0.0521. The summed E-state index contributed by atoms with van der Waals surface area (Å²) in [7, 11) is -1.60. The Hall–Kier alpha value is -2.75. The van der Waals surface area contributed by atoms with E-state index in [4.69, 9.17) is 9.88 Å². The Balaban J connectivity index is 1.56. The van der Waals surface area contributed by atoms with Crippen LogP contribution in [0.1, 0.15) is 12.8 Å². The van der Waals surface area contributed by atoms with Gasteiger partial charge in [-0.15, -0.1) is 0 Å². The number of hydrogen-bond donors (Lipinski definition) is 2. The number of ether oxygens (including phenoxy) is 1. The van der Waals surface area contributed by atoms with E-state index in [9.17, 15) is 8.42 Å². The van der Waals surface area contributed by atoms with Crippen LogP contribution in [0.5, 0.6) is 5.75 Å². The number of nitrogens with zero attached hydrogens (tertiary/aromatic N) is 3. The van der Waals surface area contributed by atoms with E-state index in [1.165, 1.54) is 12.1 Å². The third kappa shape index (κ3) is 4.64. The van der Waals surface area contributed by atoms with Gasteiger partial charge in [0.2, 0.25) is 16.0 Å². The molecule has 2 heterocycles. The van der Waals surface area contributed by atoms with Gasteiger partial charge >= 0.3 is 0 Å². The lowest BCUT2D eigenvalue weighted by Gasteiger charge is -2.29. The molecule has 9 heteroatoms. The first-order valence-electron chi connectivity index (χ1n) is 9.39. The minimum Gasteiger partial charge on any atom is -0.488 e. The van der Waals surface area contributed by atoms with Crippen molar-refractivity contribution in [3.8, 4) is 5.75 Å². The van der Waals surface area contributed by atoms with Crippen molar-refractivity contribution in [2.24, 2.45) is 5.14 Å². The second kappa shape index (κ2) is 7.94. The number of nitrogens with one attached hydrogen (secondary N) is 1. The Morgan fingerprint density at radius 3 is 2.55 bits per heavy atom. The van der Waals surface area contributed by atoms with Gasteiger partial charge in [0.1, 0.15) is 17.4 Å². The van der Waals surface area contributed by atoms with Gasteiger partial charge < -0.3 is 15.0 Å². The molecule has 0 unspecified atom stereocenters. The summed E-state index contributed by atoms with van der Waals surface area (Å²) >= 11 is 0. The fourth-order valence-electron chi connectivity index (χ4n) is 3.32. The molecule has 0 radical (unpaired) electrons. The molecule has 0 saturated carbocycles. The van der Waals surface area contributed by atoms with Gasteiger partial charge in [0, 0.05) is 30.4 Å². The van der Waals surface area contributed by atoms with Gasteiger partial charge in [-0.25, -0.2) is 23.5 Å². The fourth-order valence-corrected chi connectivity index (χ4v) is 3.84. The van der Waals surface area contributed by atoms with Gasteiger partial charge in [-0.05, 0) is 50.2 Å². The second-order valence-corrected chi connectivity index (χ2v) is 8.76. The molecule has 2 aromatic carbocycles. The molecule has 3 N–H and O–H groups in total. The van der Waals surface area contributed by atoms with Crippen LogP contribution in [0.2, 0.25) is 0 Å². The molecule has 1 aliphatic heterocycles. The highest BCUT2D eigenvalue weighted by Gasteiger charge is 2.19. The summed E-state index contributed by atoms with van der Waals surface area (Å²) < 4.78 is 29.0. The first kappa shape index (κ1) is 19.6. The lowest BCUT2D eigenvalue weighted by Crippen LogP contribution is -2.35. The van der Waals surface area contributed by atoms with Crippen LogP contribution in [0, 0.1) is 0 Å². The van der Waals surface area contributed by atoms with Crippen LogP contribution in [0.3, 0.4) is 0 Å². The maximum absolute atomic E-state index is 11.4. The van der Waals surface area contributed by atoms with Crippen molar-refractivity contribution in [2.75, 3.05) is 25.5 Å². The van der Waals surface area contributed by atoms with E-state index in [0.29, 0.717) is 11.6 Å². The zero-order chi connectivity index (χ0) is 20.4. The highest BCUT2D eigenvalue weighted by Crippen LogP contribution is 2.28. The highest BCUT2D eigenvalue weighted by molar-refractivity contribution is 7.89. The summed E-state index contributed by atoms with van der Waals surface area (Å²) in [5.74, 6) is 1.15. The molecule has 1 aliphatic rings. The first-order chi connectivity index (χ1) is 13.9. The fraction of sp³-hybridized carbons (Fsp3) is 0.300. The Kier molecular flexibility index (Phi) is 5.35. The number of para-hydroxylation sites is 1. The lowest BCUT2D eigenvalue weighted by atomic mass is 10.1. The van der Waals surface area contributed by atoms with E-state index in [2.05, 4.69) is 27.2 Å². The van der Waals surface area contributed by atoms with Crippen molar-refractivity contribution in [3.05, 3.63) is 48.7 Å². The lowest BCUT2D eigenvalue weighted by molar-refractivity contribution is 0.115. The van der Waals surface area contributed by atoms with Crippen LogP contribution >= 0.6 is 0 Å². The minimum atomic E-state index is -3.72. The summed E-state index contributed by atoms with van der Waals surface area (Å²) in [5, 5.41) is 9.12. The molecule has 1 fully saturated rings. The molecule has 1 aromatic heterocycles. The summed E-state index contributed by atoms with van der Waals surface area (Å²) in [6, 6.07) is 11.9. The van der Waals surface area contributed by atoms with Crippen molar-refractivity contribution >= 4 is 32.6 Å². The van der Waals surface area contributed by atoms with E-state index in [1.54, 1.807) is 18.3 Å². The number of piperidine rings is 1. The van der Waals surface area contributed by atoms with Crippen LogP contribution < -0.4 is 15.2 Å². The van der Waals surface area contributed by atoms with Gasteiger partial charge in [-0.3, -0.25) is 0 Å². The number of hydrogen-bond acceptors (Lipinski definition) is 7. The Morgan fingerprint density at radius 2 is 1.86 bits per heavy atom. The second-order valence-electron chi connectivity index (χ2n) is 7.20. The van der Waals surface area contributed by atoms with Gasteiger partial charge in [0.25, 0.3) is 0 Å². The van der Waals surface area contributed by atoms with E-state index < -0.39 is 10.0 Å². The predicted molar refractivity (Wildman–Crippen MR) is 112 cm³/mol. The van der Waals surface area contributed by atoms with Crippen molar-refractivity contribution in [3.63, 3.8) is 0 Å². The average molecular weight is 414 g/mol. The Bertz CT molecular complexity index is 1110. The van der Waals surface area contributed by atoms with Gasteiger partial charge in [0.05, 0.1) is 4.90 Å². The first-order valence-corrected chi connectivity index (χ1v) is 10.9. The van der Waals surface area contributed by atoms with Gasteiger partial charge in [-0.2, -0.15) is 0 Å². The molecular weight excluding hydrogens is 390 g/mol. The summed E-state index contributed by atoms with van der Waals surface area (Å²) in [5.41, 5.74) is 1.40. The van der Waals surface area contributed by atoms with Gasteiger partial charge in [-0.1, -0.05) is 12.1 Å². The quantitative estimate of drug-likeness (QED) is 0.661. The molecule has 0 amide bonds. The normalized spacial score (nSPS) is 16.1. The van der Waals surface area contributed by atoms with Crippen LogP contribution in [-0.2, 0) is 10.0 Å². The van der Waals surface area contributed by atoms with Crippen LogP contribution in [0.25, 0.3) is 10.9 Å². The third-order valence-corrected chi connectivity index (χ3v) is 5.90. The molecule has 0 aliphatic carbocycles. The molecule has 0 atom stereocenters. The Labute approximate surface area is 169 Å². The van der Waals surface area contributed by atoms with Crippen LogP contribution in [0.15, 0.2) is 53.6 Å². The van der Waals surface area contributed by atoms with E-state index in [1.807, 2.05) is 18.2 Å². The number of anilines is 2. The molecule has 152 valence electrons. The van der Waals surface area contributed by atoms with Crippen molar-refractivity contribution in [2.45, 2.75) is 23.8 Å². The monoisotopic (exact) mass is 413 g/mol. The van der Waals surface area contributed by atoms with Crippen LogP contribution in [0.4, 0.5) is 11.6 Å². The number of likely N-dealkylation sites (tertiary alicyclic amines) is 1. The van der Waals surface area contributed by atoms with Crippen LogP contribution in [-0.4, -0.2) is 49.5 Å². The molecule has 29 heavy (non-hydrogen) atoms. The molecule has 3 aromatic rings. The topological polar surface area (TPSA) is 110 Å². The number of sulfonamides is 1. The molecule has 0 bridgehead atoms. The molecule has 8 nitrogen and oxygen atoms in total. The number of rotatable bonds is 5. The van der Waals surface area contributed by atoms with E-state index in [0.717, 1.165) is 42.6 Å². The number of fused-ring (bicyclic) bond motifs is 1. The average Bonchev–Trinajstić information content (AvgIpc) is 2.70. The molecule has 0 spiro atoms. The van der Waals surface area contributed by atoms with Crippen molar-refractivity contribution in [1.82, 2.24) is 14.9 Å². The third-order valence-electron chi connectivity index (χ3n) is 4.97. The van der Waals surface area contributed by atoms with E-state index in [-0.39, 0.29) is 11.0 Å². The largest absolute Gasteiger partial charge is 0.488 e. The number of primary sulfonamides is 1. The maximum atomic E-state index is 11.4. The highest BCUT2D eigenvalue weighted by atomic mass is 32.2. The van der Waals surface area contributed by atoms with Crippen molar-refractivity contribution < 1.29 is 13.2 Å². The number of aromatic nitrogens is 2. The molecule has 1 saturated heterocycles. The number of nitrogens with two attached hydrogens (primary N) is 1. The smallest absolute Gasteiger partial charge is 0.238 e. The summed E-state index contributed by atoms with van der Waals surface area (Å²) in [4.78, 5) is 11.3.